The van der Waals surface area contributed by atoms with Crippen LogP contribution in [0.2, 0.25) is 0 Å². The Labute approximate surface area is 119 Å². The van der Waals surface area contributed by atoms with Gasteiger partial charge in [-0.25, -0.2) is 14.6 Å². The number of aromatic nitrogens is 5. The molecule has 0 aliphatic heterocycles. The summed E-state index contributed by atoms with van der Waals surface area (Å²) in [5.41, 5.74) is 1.81. The summed E-state index contributed by atoms with van der Waals surface area (Å²) in [6.07, 6.45) is 2.77. The lowest BCUT2D eigenvalue weighted by Crippen LogP contribution is -2.08. The molecule has 0 aromatic carbocycles. The Morgan fingerprint density at radius 3 is 2.70 bits per heavy atom. The molecule has 20 heavy (non-hydrogen) atoms. The van der Waals surface area contributed by atoms with Crippen LogP contribution < -0.4 is 5.32 Å². The Balaban J connectivity index is 2.46. The molecular weight excluding hydrogens is 252 g/mol. The highest BCUT2D eigenvalue weighted by Gasteiger charge is 2.13. The van der Waals surface area contributed by atoms with Gasteiger partial charge < -0.3 is 5.32 Å². The van der Waals surface area contributed by atoms with E-state index in [4.69, 9.17) is 0 Å². The summed E-state index contributed by atoms with van der Waals surface area (Å²) >= 11 is 0. The largest absolute Gasteiger partial charge is 0.370 e. The second kappa shape index (κ2) is 6.45. The van der Waals surface area contributed by atoms with Crippen LogP contribution >= 0.6 is 0 Å². The Morgan fingerprint density at radius 1 is 1.25 bits per heavy atom. The van der Waals surface area contributed by atoms with E-state index in [1.165, 1.54) is 0 Å². The molecule has 6 heteroatoms. The van der Waals surface area contributed by atoms with Crippen molar-refractivity contribution in [3.63, 3.8) is 0 Å². The van der Waals surface area contributed by atoms with E-state index in [1.807, 2.05) is 10.7 Å². The lowest BCUT2D eigenvalue weighted by molar-refractivity contribution is 0.583. The van der Waals surface area contributed by atoms with Crippen molar-refractivity contribution >= 4 is 5.82 Å². The van der Waals surface area contributed by atoms with Gasteiger partial charge in [0.1, 0.15) is 17.3 Å². The van der Waals surface area contributed by atoms with Crippen LogP contribution in [0.15, 0.2) is 12.3 Å². The van der Waals surface area contributed by atoms with Gasteiger partial charge in [-0.15, -0.1) is 5.10 Å². The lowest BCUT2D eigenvalue weighted by atomic mass is 10.2. The number of nitrogens with one attached hydrogen (secondary N) is 1. The maximum Gasteiger partial charge on any atom is 0.134 e. The first-order valence-electron chi connectivity index (χ1n) is 7.17. The van der Waals surface area contributed by atoms with E-state index in [0.717, 1.165) is 42.5 Å². The highest BCUT2D eigenvalue weighted by atomic mass is 15.4. The van der Waals surface area contributed by atoms with E-state index in [-0.39, 0.29) is 5.92 Å². The number of anilines is 1. The maximum atomic E-state index is 4.65. The molecule has 0 amide bonds. The van der Waals surface area contributed by atoms with E-state index in [2.05, 4.69) is 53.3 Å². The molecule has 2 heterocycles. The van der Waals surface area contributed by atoms with Crippen molar-refractivity contribution in [3.05, 3.63) is 18.1 Å². The second-order valence-electron chi connectivity index (χ2n) is 5.02. The first kappa shape index (κ1) is 14.4. The summed E-state index contributed by atoms with van der Waals surface area (Å²) in [6.45, 7) is 10.0. The minimum absolute atomic E-state index is 0.280. The van der Waals surface area contributed by atoms with Crippen LogP contribution in [-0.4, -0.2) is 31.5 Å². The molecule has 0 saturated heterocycles. The molecule has 0 saturated carbocycles. The van der Waals surface area contributed by atoms with Crippen LogP contribution in [0.5, 0.6) is 0 Å². The van der Waals surface area contributed by atoms with Crippen LogP contribution in [0, 0.1) is 0 Å². The van der Waals surface area contributed by atoms with Gasteiger partial charge in [-0.1, -0.05) is 26.0 Å². The third-order valence-electron chi connectivity index (χ3n) is 2.93. The normalized spacial score (nSPS) is 11.1. The fourth-order valence-electron chi connectivity index (χ4n) is 1.96. The molecule has 0 atom stereocenters. The van der Waals surface area contributed by atoms with Crippen molar-refractivity contribution < 1.29 is 0 Å². The Kier molecular flexibility index (Phi) is 4.65. The van der Waals surface area contributed by atoms with Crippen molar-refractivity contribution in [1.29, 1.82) is 0 Å². The van der Waals surface area contributed by atoms with Crippen molar-refractivity contribution in [2.75, 3.05) is 11.9 Å². The van der Waals surface area contributed by atoms with Crippen LogP contribution in [0.1, 0.15) is 45.9 Å². The number of nitrogens with zero attached hydrogens (tertiary/aromatic N) is 5. The molecule has 0 unspecified atom stereocenters. The van der Waals surface area contributed by atoms with Gasteiger partial charge in [-0.3, -0.25) is 0 Å². The molecular formula is C14H22N6. The molecule has 0 aliphatic carbocycles. The molecule has 2 aromatic heterocycles. The lowest BCUT2D eigenvalue weighted by Gasteiger charge is -2.11. The standard InChI is InChI=1S/C14H22N6/c1-5-7-20-12(9-16-19-20)11-8-13(15-6-2)18-14(17-11)10(3)4/h8-10H,5-7H2,1-4H3,(H,15,17,18). The van der Waals surface area contributed by atoms with E-state index in [9.17, 15) is 0 Å². The molecule has 0 bridgehead atoms. The van der Waals surface area contributed by atoms with Crippen LogP contribution in [0.4, 0.5) is 5.82 Å². The van der Waals surface area contributed by atoms with Gasteiger partial charge in [-0.05, 0) is 13.3 Å². The molecule has 0 fully saturated rings. The minimum Gasteiger partial charge on any atom is -0.370 e. The summed E-state index contributed by atoms with van der Waals surface area (Å²) in [7, 11) is 0. The van der Waals surface area contributed by atoms with Crippen LogP contribution in [0.3, 0.4) is 0 Å². The van der Waals surface area contributed by atoms with Gasteiger partial charge in [-0.2, -0.15) is 0 Å². The zero-order valence-electron chi connectivity index (χ0n) is 12.6. The Bertz CT molecular complexity index is 561. The summed E-state index contributed by atoms with van der Waals surface area (Å²) < 4.78 is 1.89. The van der Waals surface area contributed by atoms with Crippen molar-refractivity contribution in [3.8, 4) is 11.4 Å². The SMILES string of the molecule is CCCn1nncc1-c1cc(NCC)nc(C(C)C)n1. The van der Waals surface area contributed by atoms with Crippen molar-refractivity contribution in [2.24, 2.45) is 0 Å². The van der Waals surface area contributed by atoms with Gasteiger partial charge in [0.15, 0.2) is 0 Å². The maximum absolute atomic E-state index is 4.65. The van der Waals surface area contributed by atoms with Crippen molar-refractivity contribution in [1.82, 2.24) is 25.0 Å². The highest BCUT2D eigenvalue weighted by Crippen LogP contribution is 2.22. The predicted molar refractivity (Wildman–Crippen MR) is 79.6 cm³/mol. The number of hydrogen-bond donors (Lipinski definition) is 1. The third-order valence-corrected chi connectivity index (χ3v) is 2.93. The molecule has 0 aliphatic rings. The van der Waals surface area contributed by atoms with Gasteiger partial charge in [0.05, 0.1) is 11.9 Å². The molecule has 1 N–H and O–H groups in total. The Morgan fingerprint density at radius 2 is 2.05 bits per heavy atom. The predicted octanol–water partition coefficient (Wildman–Crippen LogP) is 2.70. The summed E-state index contributed by atoms with van der Waals surface area (Å²) in [4.78, 5) is 9.18. The fraction of sp³-hybridized carbons (Fsp3) is 0.571. The van der Waals surface area contributed by atoms with E-state index in [0.29, 0.717) is 0 Å². The zero-order chi connectivity index (χ0) is 14.5. The molecule has 2 aromatic rings. The average molecular weight is 274 g/mol. The highest BCUT2D eigenvalue weighted by molar-refractivity contribution is 5.58. The zero-order valence-corrected chi connectivity index (χ0v) is 12.6. The number of aryl methyl sites for hydroxylation is 1. The first-order valence-corrected chi connectivity index (χ1v) is 7.17. The summed E-state index contributed by atoms with van der Waals surface area (Å²) in [5.74, 6) is 1.97. The molecule has 6 nitrogen and oxygen atoms in total. The second-order valence-corrected chi connectivity index (χ2v) is 5.02. The number of rotatable bonds is 6. The quantitative estimate of drug-likeness (QED) is 0.877. The van der Waals surface area contributed by atoms with Gasteiger partial charge in [0.25, 0.3) is 0 Å². The summed E-state index contributed by atoms with van der Waals surface area (Å²) in [5, 5.41) is 11.4. The van der Waals surface area contributed by atoms with Gasteiger partial charge in [0, 0.05) is 25.1 Å². The molecule has 2 rings (SSSR count). The third kappa shape index (κ3) is 3.12. The molecule has 108 valence electrons. The topological polar surface area (TPSA) is 68.5 Å². The van der Waals surface area contributed by atoms with E-state index in [1.54, 1.807) is 6.20 Å². The molecule has 0 radical (unpaired) electrons. The van der Waals surface area contributed by atoms with Gasteiger partial charge in [0.2, 0.25) is 0 Å². The monoisotopic (exact) mass is 274 g/mol. The first-order chi connectivity index (χ1) is 9.65. The molecule has 0 spiro atoms. The van der Waals surface area contributed by atoms with E-state index < -0.39 is 0 Å². The number of hydrogen-bond acceptors (Lipinski definition) is 5. The minimum atomic E-state index is 0.280. The summed E-state index contributed by atoms with van der Waals surface area (Å²) in [6, 6.07) is 1.96. The van der Waals surface area contributed by atoms with Crippen LogP contribution in [-0.2, 0) is 6.54 Å². The van der Waals surface area contributed by atoms with E-state index >= 15 is 0 Å². The van der Waals surface area contributed by atoms with Gasteiger partial charge >= 0.3 is 0 Å². The Hall–Kier alpha value is -1.98. The van der Waals surface area contributed by atoms with Crippen LogP contribution in [0.25, 0.3) is 11.4 Å². The average Bonchev–Trinajstić information content (AvgIpc) is 2.87. The fourth-order valence-corrected chi connectivity index (χ4v) is 1.96. The smallest absolute Gasteiger partial charge is 0.134 e. The van der Waals surface area contributed by atoms with Crippen molar-refractivity contribution in [2.45, 2.75) is 46.6 Å².